The van der Waals surface area contributed by atoms with Gasteiger partial charge in [0.2, 0.25) is 12.1 Å². The van der Waals surface area contributed by atoms with Gasteiger partial charge in [-0.1, -0.05) is 53.6 Å². The van der Waals surface area contributed by atoms with Crippen LogP contribution in [0.4, 0.5) is 21.9 Å². The number of halogens is 1. The molecule has 10 nitrogen and oxygen atoms in total. The molecule has 0 aliphatic carbocycles. The Labute approximate surface area is 211 Å². The van der Waals surface area contributed by atoms with E-state index in [2.05, 4.69) is 25.8 Å². The van der Waals surface area contributed by atoms with Gasteiger partial charge in [-0.2, -0.15) is 4.39 Å². The highest BCUT2D eigenvalue weighted by atomic mass is 19.1. The molecular formula is C26H22FN7O3. The van der Waals surface area contributed by atoms with Crippen LogP contribution < -0.4 is 15.5 Å². The SMILES string of the molecule is O=C1Nc2ccccc2C(c2ccccc2)=NC1Nc1nnc(-c2ccc(F)nc2N2CCOCC2)o1. The van der Waals surface area contributed by atoms with Crippen molar-refractivity contribution in [3.63, 3.8) is 0 Å². The molecule has 4 aromatic rings. The number of benzodiazepines with no additional fused rings is 1. The van der Waals surface area contributed by atoms with Gasteiger partial charge in [-0.05, 0) is 18.2 Å². The number of carbonyl (C=O) groups excluding carboxylic acids is 1. The summed E-state index contributed by atoms with van der Waals surface area (Å²) < 4.78 is 25.2. The van der Waals surface area contributed by atoms with E-state index in [-0.39, 0.29) is 17.8 Å². The summed E-state index contributed by atoms with van der Waals surface area (Å²) in [5.74, 6) is -0.456. The average Bonchev–Trinajstić information content (AvgIpc) is 3.35. The summed E-state index contributed by atoms with van der Waals surface area (Å²) in [5.41, 5.74) is 3.43. The van der Waals surface area contributed by atoms with Crippen LogP contribution in [0.3, 0.4) is 0 Å². The third-order valence-electron chi connectivity index (χ3n) is 6.06. The second kappa shape index (κ2) is 9.78. The number of nitrogens with one attached hydrogen (secondary N) is 2. The number of ether oxygens (including phenoxy) is 1. The first-order chi connectivity index (χ1) is 18.2. The lowest BCUT2D eigenvalue weighted by atomic mass is 10.0. The monoisotopic (exact) mass is 499 g/mol. The van der Waals surface area contributed by atoms with Gasteiger partial charge in [-0.3, -0.25) is 4.79 Å². The molecule has 37 heavy (non-hydrogen) atoms. The third kappa shape index (κ3) is 4.64. The molecule has 0 spiro atoms. The molecule has 2 aromatic carbocycles. The predicted molar refractivity (Wildman–Crippen MR) is 135 cm³/mol. The van der Waals surface area contributed by atoms with Crippen LogP contribution in [-0.4, -0.2) is 59.3 Å². The number of benzene rings is 2. The molecule has 1 unspecified atom stereocenters. The molecule has 1 saturated heterocycles. The zero-order valence-corrected chi connectivity index (χ0v) is 19.6. The lowest BCUT2D eigenvalue weighted by Gasteiger charge is -2.28. The molecule has 4 heterocycles. The molecule has 2 aromatic heterocycles. The fraction of sp³-hybridized carbons (Fsp3) is 0.192. The Morgan fingerprint density at radius 2 is 1.73 bits per heavy atom. The van der Waals surface area contributed by atoms with Crippen molar-refractivity contribution < 1.29 is 18.3 Å². The molecule has 0 saturated carbocycles. The zero-order chi connectivity index (χ0) is 25.2. The van der Waals surface area contributed by atoms with Crippen molar-refractivity contribution in [1.82, 2.24) is 15.2 Å². The number of carbonyl (C=O) groups is 1. The van der Waals surface area contributed by atoms with Gasteiger partial charge in [-0.15, -0.1) is 5.10 Å². The minimum Gasteiger partial charge on any atom is -0.403 e. The Hall–Kier alpha value is -4.64. The van der Waals surface area contributed by atoms with E-state index >= 15 is 0 Å². The standard InChI is InChI=1S/C26H22FN7O3/c27-20-11-10-18(23(29-20)34-12-14-36-15-13-34)25-32-33-26(37-25)31-22-24(35)28-19-9-5-4-8-17(19)21(30-22)16-6-2-1-3-7-16/h1-11,22H,12-15H2,(H,28,35)(H,31,33). The normalized spacial score (nSPS) is 17.4. The lowest BCUT2D eigenvalue weighted by molar-refractivity contribution is -0.116. The summed E-state index contributed by atoms with van der Waals surface area (Å²) >= 11 is 0. The highest BCUT2D eigenvalue weighted by Crippen LogP contribution is 2.31. The maximum absolute atomic E-state index is 14.0. The van der Waals surface area contributed by atoms with Crippen molar-refractivity contribution in [3.05, 3.63) is 83.8 Å². The topological polar surface area (TPSA) is 118 Å². The summed E-state index contributed by atoms with van der Waals surface area (Å²) in [6.45, 7) is 2.13. The van der Waals surface area contributed by atoms with Crippen LogP contribution in [0, 0.1) is 5.95 Å². The lowest BCUT2D eigenvalue weighted by Crippen LogP contribution is -2.37. The van der Waals surface area contributed by atoms with Gasteiger partial charge in [0, 0.05) is 24.2 Å². The van der Waals surface area contributed by atoms with Crippen molar-refractivity contribution >= 4 is 29.1 Å². The van der Waals surface area contributed by atoms with E-state index in [0.717, 1.165) is 11.1 Å². The molecular weight excluding hydrogens is 477 g/mol. The number of pyridine rings is 1. The van der Waals surface area contributed by atoms with E-state index in [1.165, 1.54) is 6.07 Å². The number of aromatic nitrogens is 3. The largest absolute Gasteiger partial charge is 0.403 e. The highest BCUT2D eigenvalue weighted by molar-refractivity contribution is 6.19. The zero-order valence-electron chi connectivity index (χ0n) is 19.6. The summed E-state index contributed by atoms with van der Waals surface area (Å²) in [6, 6.07) is 19.9. The number of amides is 1. The Morgan fingerprint density at radius 1 is 0.946 bits per heavy atom. The van der Waals surface area contributed by atoms with Crippen LogP contribution in [-0.2, 0) is 9.53 Å². The minimum atomic E-state index is -1.04. The van der Waals surface area contributed by atoms with E-state index in [4.69, 9.17) is 14.1 Å². The number of anilines is 3. The maximum atomic E-state index is 14.0. The van der Waals surface area contributed by atoms with Gasteiger partial charge >= 0.3 is 6.01 Å². The molecule has 2 aliphatic heterocycles. The second-order valence-electron chi connectivity index (χ2n) is 8.44. The van der Waals surface area contributed by atoms with Crippen molar-refractivity contribution in [2.75, 3.05) is 41.8 Å². The number of morpholine rings is 1. The summed E-state index contributed by atoms with van der Waals surface area (Å²) in [6.07, 6.45) is -1.04. The van der Waals surface area contributed by atoms with Crippen molar-refractivity contribution in [1.29, 1.82) is 0 Å². The molecule has 186 valence electrons. The molecule has 11 heteroatoms. The van der Waals surface area contributed by atoms with Gasteiger partial charge in [0.05, 0.1) is 30.2 Å². The van der Waals surface area contributed by atoms with Gasteiger partial charge in [-0.25, -0.2) is 9.98 Å². The molecule has 1 atom stereocenters. The minimum absolute atomic E-state index is 0.00507. The van der Waals surface area contributed by atoms with Crippen LogP contribution in [0.2, 0.25) is 0 Å². The third-order valence-corrected chi connectivity index (χ3v) is 6.06. The smallest absolute Gasteiger partial charge is 0.317 e. The van der Waals surface area contributed by atoms with Gasteiger partial charge in [0.25, 0.3) is 11.8 Å². The fourth-order valence-corrected chi connectivity index (χ4v) is 4.30. The average molecular weight is 500 g/mol. The number of rotatable bonds is 5. The van der Waals surface area contributed by atoms with Crippen LogP contribution in [0.25, 0.3) is 11.5 Å². The molecule has 0 radical (unpaired) electrons. The number of para-hydroxylation sites is 1. The highest BCUT2D eigenvalue weighted by Gasteiger charge is 2.28. The Balaban J connectivity index is 1.32. The Bertz CT molecular complexity index is 1470. The molecule has 2 N–H and O–H groups in total. The Morgan fingerprint density at radius 3 is 2.57 bits per heavy atom. The number of aliphatic imine (C=N–C) groups is 1. The van der Waals surface area contributed by atoms with Crippen molar-refractivity contribution in [2.45, 2.75) is 6.17 Å². The summed E-state index contributed by atoms with van der Waals surface area (Å²) in [4.78, 5) is 23.8. The van der Waals surface area contributed by atoms with E-state index in [1.807, 2.05) is 59.5 Å². The first-order valence-electron chi connectivity index (χ1n) is 11.8. The van der Waals surface area contributed by atoms with Crippen LogP contribution in [0.15, 0.2) is 76.1 Å². The number of hydrogen-bond acceptors (Lipinski definition) is 9. The van der Waals surface area contributed by atoms with Crippen LogP contribution >= 0.6 is 0 Å². The van der Waals surface area contributed by atoms with Crippen LogP contribution in [0.5, 0.6) is 0 Å². The molecule has 1 amide bonds. The van der Waals surface area contributed by atoms with E-state index < -0.39 is 12.1 Å². The number of hydrogen-bond donors (Lipinski definition) is 2. The van der Waals surface area contributed by atoms with E-state index in [1.54, 1.807) is 6.07 Å². The first kappa shape index (κ1) is 22.8. The van der Waals surface area contributed by atoms with Gasteiger partial charge < -0.3 is 24.7 Å². The summed E-state index contributed by atoms with van der Waals surface area (Å²) in [7, 11) is 0. The number of nitrogens with zero attached hydrogens (tertiary/aromatic N) is 5. The molecule has 0 bridgehead atoms. The van der Waals surface area contributed by atoms with Crippen molar-refractivity contribution in [3.8, 4) is 11.5 Å². The van der Waals surface area contributed by atoms with Crippen LogP contribution in [0.1, 0.15) is 11.1 Å². The first-order valence-corrected chi connectivity index (χ1v) is 11.8. The Kier molecular flexibility index (Phi) is 6.03. The van der Waals surface area contributed by atoms with Gasteiger partial charge in [0.15, 0.2) is 0 Å². The van der Waals surface area contributed by atoms with Gasteiger partial charge in [0.1, 0.15) is 5.82 Å². The number of fused-ring (bicyclic) bond motifs is 1. The second-order valence-corrected chi connectivity index (χ2v) is 8.44. The molecule has 1 fully saturated rings. The summed E-state index contributed by atoms with van der Waals surface area (Å²) in [5, 5.41) is 14.0. The van der Waals surface area contributed by atoms with E-state index in [9.17, 15) is 9.18 Å². The maximum Gasteiger partial charge on any atom is 0.317 e. The molecule has 6 rings (SSSR count). The fourth-order valence-electron chi connectivity index (χ4n) is 4.30. The van der Waals surface area contributed by atoms with Crippen molar-refractivity contribution in [2.24, 2.45) is 4.99 Å². The predicted octanol–water partition coefficient (Wildman–Crippen LogP) is 3.34. The van der Waals surface area contributed by atoms with E-state index in [0.29, 0.717) is 49.1 Å². The molecule has 2 aliphatic rings. The quantitative estimate of drug-likeness (QED) is 0.402.